The number of piperidine rings is 1. The number of likely N-dealkylation sites (tertiary alicyclic amines) is 1. The molecule has 1 aliphatic heterocycles. The first-order valence-electron chi connectivity index (χ1n) is 7.86. The van der Waals surface area contributed by atoms with Crippen LogP contribution < -0.4 is 5.32 Å². The topological polar surface area (TPSA) is 93.3 Å². The van der Waals surface area contributed by atoms with Crippen molar-refractivity contribution in [1.82, 2.24) is 20.0 Å². The van der Waals surface area contributed by atoms with E-state index >= 15 is 0 Å². The molecule has 1 N–H and O–H groups in total. The number of nitrogens with zero attached hydrogens (tertiary/aromatic N) is 4. The van der Waals surface area contributed by atoms with Crippen LogP contribution >= 0.6 is 12.4 Å². The Morgan fingerprint density at radius 3 is 2.60 bits per heavy atom. The number of para-hydroxylation sites is 2. The highest BCUT2D eigenvalue weighted by Gasteiger charge is 2.25. The molecule has 0 aliphatic carbocycles. The molecule has 0 atom stereocenters. The van der Waals surface area contributed by atoms with Crippen LogP contribution in [0.25, 0.3) is 5.69 Å². The van der Waals surface area contributed by atoms with Crippen LogP contribution in [0, 0.1) is 10.1 Å². The minimum Gasteiger partial charge on any atom is -0.337 e. The van der Waals surface area contributed by atoms with Gasteiger partial charge in [0.1, 0.15) is 5.69 Å². The van der Waals surface area contributed by atoms with E-state index in [1.807, 2.05) is 7.05 Å². The van der Waals surface area contributed by atoms with Crippen LogP contribution in [0.4, 0.5) is 5.69 Å². The summed E-state index contributed by atoms with van der Waals surface area (Å²) in [6, 6.07) is 8.37. The second-order valence-electron chi connectivity index (χ2n) is 5.75. The number of nitro benzene ring substituents is 1. The van der Waals surface area contributed by atoms with Gasteiger partial charge in [-0.2, -0.15) is 5.10 Å². The van der Waals surface area contributed by atoms with E-state index in [2.05, 4.69) is 10.4 Å². The molecule has 8 nitrogen and oxygen atoms in total. The molecule has 1 aromatic heterocycles. The number of hydrogen-bond acceptors (Lipinski definition) is 5. The number of rotatable bonds is 4. The van der Waals surface area contributed by atoms with Crippen LogP contribution in [0.2, 0.25) is 0 Å². The van der Waals surface area contributed by atoms with E-state index in [4.69, 9.17) is 0 Å². The number of nitrogens with one attached hydrogen (secondary N) is 1. The van der Waals surface area contributed by atoms with Crippen LogP contribution in [-0.2, 0) is 0 Å². The minimum atomic E-state index is -0.457. The van der Waals surface area contributed by atoms with Crippen molar-refractivity contribution in [2.24, 2.45) is 0 Å². The molecule has 1 aromatic carbocycles. The number of nitro groups is 1. The summed E-state index contributed by atoms with van der Waals surface area (Å²) < 4.78 is 1.38. The summed E-state index contributed by atoms with van der Waals surface area (Å²) in [7, 11) is 1.93. The van der Waals surface area contributed by atoms with Crippen molar-refractivity contribution >= 4 is 24.0 Å². The summed E-state index contributed by atoms with van der Waals surface area (Å²) in [4.78, 5) is 25.0. The van der Waals surface area contributed by atoms with Crippen molar-refractivity contribution in [3.05, 3.63) is 52.3 Å². The fourth-order valence-electron chi connectivity index (χ4n) is 2.92. The molecule has 1 fully saturated rings. The molecule has 1 amide bonds. The van der Waals surface area contributed by atoms with E-state index in [0.717, 1.165) is 12.8 Å². The Morgan fingerprint density at radius 2 is 1.96 bits per heavy atom. The van der Waals surface area contributed by atoms with Gasteiger partial charge in [0.05, 0.1) is 4.92 Å². The fraction of sp³-hybridized carbons (Fsp3) is 0.375. The molecule has 9 heteroatoms. The third kappa shape index (κ3) is 3.97. The molecule has 0 bridgehead atoms. The maximum atomic E-state index is 12.6. The average molecular weight is 366 g/mol. The van der Waals surface area contributed by atoms with Gasteiger partial charge in [0.15, 0.2) is 5.69 Å². The molecular formula is C16H20ClN5O3. The van der Waals surface area contributed by atoms with Crippen molar-refractivity contribution in [3.63, 3.8) is 0 Å². The molecule has 2 heterocycles. The summed E-state index contributed by atoms with van der Waals surface area (Å²) in [6.45, 7) is 1.37. The van der Waals surface area contributed by atoms with E-state index < -0.39 is 4.92 Å². The standard InChI is InChI=1S/C16H19N5O3.ClH/c1-17-12-6-9-19(10-7-12)16(22)13-8-11-20(18-13)14-4-2-3-5-15(14)21(23)24;/h2-5,8,11-12,17H,6-7,9-10H2,1H3;1H. The molecule has 134 valence electrons. The van der Waals surface area contributed by atoms with Gasteiger partial charge in [-0.05, 0) is 32.0 Å². The quantitative estimate of drug-likeness (QED) is 0.661. The Hall–Kier alpha value is -2.45. The van der Waals surface area contributed by atoms with E-state index in [0.29, 0.717) is 30.5 Å². The first-order valence-corrected chi connectivity index (χ1v) is 7.86. The Kier molecular flexibility index (Phi) is 6.11. The Labute approximate surface area is 151 Å². The molecule has 0 radical (unpaired) electrons. The molecule has 3 rings (SSSR count). The zero-order valence-corrected chi connectivity index (χ0v) is 14.6. The smallest absolute Gasteiger partial charge is 0.294 e. The number of carbonyl (C=O) groups is 1. The summed E-state index contributed by atoms with van der Waals surface area (Å²) >= 11 is 0. The molecule has 2 aromatic rings. The van der Waals surface area contributed by atoms with E-state index in [-0.39, 0.29) is 24.0 Å². The van der Waals surface area contributed by atoms with Crippen LogP contribution in [0.15, 0.2) is 36.5 Å². The summed E-state index contributed by atoms with van der Waals surface area (Å²) in [5.74, 6) is -0.137. The van der Waals surface area contributed by atoms with Crippen molar-refractivity contribution in [2.45, 2.75) is 18.9 Å². The van der Waals surface area contributed by atoms with Crippen LogP contribution in [0.5, 0.6) is 0 Å². The third-order valence-electron chi connectivity index (χ3n) is 4.32. The minimum absolute atomic E-state index is 0. The Bertz CT molecular complexity index is 756. The van der Waals surface area contributed by atoms with E-state index in [1.54, 1.807) is 35.4 Å². The van der Waals surface area contributed by atoms with E-state index in [9.17, 15) is 14.9 Å². The van der Waals surface area contributed by atoms with Crippen molar-refractivity contribution in [1.29, 1.82) is 0 Å². The summed E-state index contributed by atoms with van der Waals surface area (Å²) in [5.41, 5.74) is 0.598. The van der Waals surface area contributed by atoms with Crippen LogP contribution in [0.3, 0.4) is 0 Å². The van der Waals surface area contributed by atoms with Gasteiger partial charge < -0.3 is 10.2 Å². The van der Waals surface area contributed by atoms with Gasteiger partial charge in [0.25, 0.3) is 11.6 Å². The predicted octanol–water partition coefficient (Wildman–Crippen LogP) is 2.03. The molecule has 1 saturated heterocycles. The lowest BCUT2D eigenvalue weighted by atomic mass is 10.1. The number of benzene rings is 1. The van der Waals surface area contributed by atoms with Crippen LogP contribution in [-0.4, -0.2) is 51.7 Å². The molecule has 0 spiro atoms. The lowest BCUT2D eigenvalue weighted by Crippen LogP contribution is -2.44. The SMILES string of the molecule is CNC1CCN(C(=O)c2ccn(-c3ccccc3[N+](=O)[O-])n2)CC1.Cl. The number of aromatic nitrogens is 2. The van der Waals surface area contributed by atoms with Crippen molar-refractivity contribution < 1.29 is 9.72 Å². The summed E-state index contributed by atoms with van der Waals surface area (Å²) in [5, 5.41) is 18.6. The van der Waals surface area contributed by atoms with Gasteiger partial charge in [-0.3, -0.25) is 14.9 Å². The zero-order valence-electron chi connectivity index (χ0n) is 13.8. The monoisotopic (exact) mass is 365 g/mol. The van der Waals surface area contributed by atoms with Crippen LogP contribution in [0.1, 0.15) is 23.3 Å². The molecule has 0 saturated carbocycles. The number of halogens is 1. The zero-order chi connectivity index (χ0) is 17.1. The second kappa shape index (κ2) is 8.09. The first kappa shape index (κ1) is 18.9. The summed E-state index contributed by atoms with van der Waals surface area (Å²) in [6.07, 6.45) is 3.40. The molecular weight excluding hydrogens is 346 g/mol. The highest BCUT2D eigenvalue weighted by atomic mass is 35.5. The number of carbonyl (C=O) groups excluding carboxylic acids is 1. The third-order valence-corrected chi connectivity index (χ3v) is 4.32. The van der Waals surface area contributed by atoms with Gasteiger partial charge in [-0.25, -0.2) is 4.68 Å². The normalized spacial score (nSPS) is 14.8. The highest BCUT2D eigenvalue weighted by Crippen LogP contribution is 2.22. The number of hydrogen-bond donors (Lipinski definition) is 1. The van der Waals surface area contributed by atoms with Gasteiger partial charge in [-0.15, -0.1) is 12.4 Å². The predicted molar refractivity (Wildman–Crippen MR) is 95.5 cm³/mol. The lowest BCUT2D eigenvalue weighted by molar-refractivity contribution is -0.384. The molecule has 1 aliphatic rings. The van der Waals surface area contributed by atoms with Crippen molar-refractivity contribution in [2.75, 3.05) is 20.1 Å². The molecule has 0 unspecified atom stereocenters. The molecule has 25 heavy (non-hydrogen) atoms. The largest absolute Gasteiger partial charge is 0.337 e. The van der Waals surface area contributed by atoms with Gasteiger partial charge in [0, 0.05) is 31.4 Å². The van der Waals surface area contributed by atoms with E-state index in [1.165, 1.54) is 10.7 Å². The lowest BCUT2D eigenvalue weighted by Gasteiger charge is -2.31. The highest BCUT2D eigenvalue weighted by molar-refractivity contribution is 5.92. The fourth-order valence-corrected chi connectivity index (χ4v) is 2.92. The average Bonchev–Trinajstić information content (AvgIpc) is 3.11. The van der Waals surface area contributed by atoms with Gasteiger partial charge >= 0.3 is 0 Å². The van der Waals surface area contributed by atoms with Gasteiger partial charge in [0.2, 0.25) is 0 Å². The number of amides is 1. The second-order valence-corrected chi connectivity index (χ2v) is 5.75. The maximum Gasteiger partial charge on any atom is 0.294 e. The first-order chi connectivity index (χ1) is 11.6. The van der Waals surface area contributed by atoms with Crippen molar-refractivity contribution in [3.8, 4) is 5.69 Å². The van der Waals surface area contributed by atoms with Gasteiger partial charge in [-0.1, -0.05) is 12.1 Å². The Morgan fingerprint density at radius 1 is 1.28 bits per heavy atom. The Balaban J connectivity index is 0.00000225. The maximum absolute atomic E-state index is 12.6.